The van der Waals surface area contributed by atoms with Gasteiger partial charge in [-0.1, -0.05) is 29.8 Å². The van der Waals surface area contributed by atoms with Crippen LogP contribution in [0.15, 0.2) is 48.5 Å². The third-order valence-corrected chi connectivity index (χ3v) is 3.18. The molecule has 0 unspecified atom stereocenters. The molecule has 0 saturated heterocycles. The average Bonchev–Trinajstić information content (AvgIpc) is 2.46. The van der Waals surface area contributed by atoms with Gasteiger partial charge in [-0.05, 0) is 43.2 Å². The number of carbonyl (C=O) groups excluding carboxylic acids is 2. The average molecular weight is 282 g/mol. The summed E-state index contributed by atoms with van der Waals surface area (Å²) in [7, 11) is 0. The molecule has 0 radical (unpaired) electrons. The number of carbonyl (C=O) groups is 2. The van der Waals surface area contributed by atoms with Gasteiger partial charge in [0.05, 0.1) is 0 Å². The molecule has 2 aromatic rings. The third-order valence-electron chi connectivity index (χ3n) is 3.18. The van der Waals surface area contributed by atoms with Crippen LogP contribution in [0.1, 0.15) is 27.9 Å². The minimum Gasteiger partial charge on any atom is -0.366 e. The van der Waals surface area contributed by atoms with Gasteiger partial charge in [-0.15, -0.1) is 0 Å². The van der Waals surface area contributed by atoms with Crippen molar-refractivity contribution >= 4 is 17.5 Å². The maximum atomic E-state index is 11.9. The van der Waals surface area contributed by atoms with Crippen molar-refractivity contribution in [3.05, 3.63) is 65.2 Å². The smallest absolute Gasteiger partial charge is 0.248 e. The molecule has 0 spiro atoms. The lowest BCUT2D eigenvalue weighted by molar-refractivity contribution is -0.116. The number of benzene rings is 2. The van der Waals surface area contributed by atoms with Crippen LogP contribution < -0.4 is 11.1 Å². The Morgan fingerprint density at radius 1 is 1.10 bits per heavy atom. The lowest BCUT2D eigenvalue weighted by Gasteiger charge is -2.06. The summed E-state index contributed by atoms with van der Waals surface area (Å²) in [6, 6.07) is 14.7. The molecule has 2 rings (SSSR count). The van der Waals surface area contributed by atoms with Gasteiger partial charge in [-0.2, -0.15) is 0 Å². The van der Waals surface area contributed by atoms with Gasteiger partial charge in [0.25, 0.3) is 0 Å². The number of rotatable bonds is 5. The van der Waals surface area contributed by atoms with E-state index in [-0.39, 0.29) is 5.91 Å². The maximum Gasteiger partial charge on any atom is 0.248 e. The molecule has 2 amide bonds. The number of hydrogen-bond donors (Lipinski definition) is 2. The summed E-state index contributed by atoms with van der Waals surface area (Å²) in [5, 5.41) is 2.80. The summed E-state index contributed by atoms with van der Waals surface area (Å²) in [6.07, 6.45) is 1.12. The Morgan fingerprint density at radius 3 is 2.43 bits per heavy atom. The van der Waals surface area contributed by atoms with Crippen LogP contribution >= 0.6 is 0 Å². The van der Waals surface area contributed by atoms with Crippen LogP contribution in [-0.4, -0.2) is 11.8 Å². The molecule has 0 atom stereocenters. The number of anilines is 1. The van der Waals surface area contributed by atoms with Crippen LogP contribution in [0.4, 0.5) is 5.69 Å². The van der Waals surface area contributed by atoms with Crippen LogP contribution in [0.25, 0.3) is 0 Å². The molecule has 0 heterocycles. The minimum atomic E-state index is -0.479. The highest BCUT2D eigenvalue weighted by Crippen LogP contribution is 2.11. The molecule has 0 saturated carbocycles. The quantitative estimate of drug-likeness (QED) is 0.885. The highest BCUT2D eigenvalue weighted by molar-refractivity contribution is 5.94. The van der Waals surface area contributed by atoms with Crippen LogP contribution in [0.2, 0.25) is 0 Å². The van der Waals surface area contributed by atoms with E-state index in [1.165, 1.54) is 5.56 Å². The first-order valence-electron chi connectivity index (χ1n) is 6.80. The van der Waals surface area contributed by atoms with Gasteiger partial charge >= 0.3 is 0 Å². The van der Waals surface area contributed by atoms with Crippen molar-refractivity contribution in [3.8, 4) is 0 Å². The Morgan fingerprint density at radius 2 is 1.81 bits per heavy atom. The van der Waals surface area contributed by atoms with Crippen LogP contribution in [-0.2, 0) is 11.2 Å². The monoisotopic (exact) mass is 282 g/mol. The summed E-state index contributed by atoms with van der Waals surface area (Å²) in [4.78, 5) is 22.8. The molecule has 0 aromatic heterocycles. The zero-order chi connectivity index (χ0) is 15.2. The molecule has 0 aliphatic carbocycles. The molecular weight excluding hydrogens is 264 g/mol. The van der Waals surface area contributed by atoms with Gasteiger partial charge in [-0.25, -0.2) is 0 Å². The van der Waals surface area contributed by atoms with Crippen molar-refractivity contribution in [2.45, 2.75) is 19.8 Å². The zero-order valence-corrected chi connectivity index (χ0v) is 11.9. The Balaban J connectivity index is 1.88. The second kappa shape index (κ2) is 6.70. The summed E-state index contributed by atoms with van der Waals surface area (Å²) in [5.74, 6) is -0.532. The SMILES string of the molecule is Cc1cccc(CCC(=O)Nc2ccc(C(N)=O)cc2)c1. The lowest BCUT2D eigenvalue weighted by Crippen LogP contribution is -2.13. The molecule has 3 N–H and O–H groups in total. The molecular formula is C17H18N2O2. The molecule has 0 aliphatic heterocycles. The van der Waals surface area contributed by atoms with E-state index in [1.54, 1.807) is 24.3 Å². The van der Waals surface area contributed by atoms with E-state index >= 15 is 0 Å². The van der Waals surface area contributed by atoms with E-state index in [9.17, 15) is 9.59 Å². The number of primary amides is 1. The lowest BCUT2D eigenvalue weighted by atomic mass is 10.1. The van der Waals surface area contributed by atoms with E-state index in [2.05, 4.69) is 11.4 Å². The number of nitrogens with one attached hydrogen (secondary N) is 1. The molecule has 0 bridgehead atoms. The summed E-state index contributed by atoms with van der Waals surface area (Å²) >= 11 is 0. The van der Waals surface area contributed by atoms with E-state index in [0.717, 1.165) is 5.56 Å². The maximum absolute atomic E-state index is 11.9. The predicted molar refractivity (Wildman–Crippen MR) is 83.1 cm³/mol. The van der Waals surface area contributed by atoms with Crippen molar-refractivity contribution in [2.75, 3.05) is 5.32 Å². The van der Waals surface area contributed by atoms with Crippen molar-refractivity contribution < 1.29 is 9.59 Å². The molecule has 0 aliphatic rings. The normalized spacial score (nSPS) is 10.1. The first kappa shape index (κ1) is 14.8. The van der Waals surface area contributed by atoms with Crippen LogP contribution in [0.3, 0.4) is 0 Å². The molecule has 0 fully saturated rings. The van der Waals surface area contributed by atoms with Crippen molar-refractivity contribution in [1.82, 2.24) is 0 Å². The highest BCUT2D eigenvalue weighted by atomic mass is 16.1. The molecule has 4 nitrogen and oxygen atoms in total. The number of nitrogens with two attached hydrogens (primary N) is 1. The summed E-state index contributed by atoms with van der Waals surface area (Å²) < 4.78 is 0. The molecule has 21 heavy (non-hydrogen) atoms. The fourth-order valence-electron chi connectivity index (χ4n) is 2.07. The van der Waals surface area contributed by atoms with E-state index in [4.69, 9.17) is 5.73 Å². The second-order valence-electron chi connectivity index (χ2n) is 4.98. The Kier molecular flexibility index (Phi) is 4.72. The van der Waals surface area contributed by atoms with Crippen molar-refractivity contribution in [1.29, 1.82) is 0 Å². The molecule has 2 aromatic carbocycles. The van der Waals surface area contributed by atoms with E-state index in [1.807, 2.05) is 25.1 Å². The number of aryl methyl sites for hydroxylation is 2. The first-order chi connectivity index (χ1) is 10.0. The van der Waals surface area contributed by atoms with Crippen LogP contribution in [0, 0.1) is 6.92 Å². The largest absolute Gasteiger partial charge is 0.366 e. The number of hydrogen-bond acceptors (Lipinski definition) is 2. The van der Waals surface area contributed by atoms with Gasteiger partial charge in [0.1, 0.15) is 0 Å². The second-order valence-corrected chi connectivity index (χ2v) is 4.98. The van der Waals surface area contributed by atoms with Gasteiger partial charge in [-0.3, -0.25) is 9.59 Å². The standard InChI is InChI=1S/C17H18N2O2/c1-12-3-2-4-13(11-12)5-10-16(20)19-15-8-6-14(7-9-15)17(18)21/h2-4,6-9,11H,5,10H2,1H3,(H2,18,21)(H,19,20). The molecule has 108 valence electrons. The van der Waals surface area contributed by atoms with Gasteiger partial charge in [0.2, 0.25) is 11.8 Å². The highest BCUT2D eigenvalue weighted by Gasteiger charge is 2.05. The zero-order valence-electron chi connectivity index (χ0n) is 11.9. The fourth-order valence-corrected chi connectivity index (χ4v) is 2.07. The van der Waals surface area contributed by atoms with Crippen LogP contribution in [0.5, 0.6) is 0 Å². The van der Waals surface area contributed by atoms with E-state index in [0.29, 0.717) is 24.1 Å². The molecule has 4 heteroatoms. The Hall–Kier alpha value is -2.62. The minimum absolute atomic E-state index is 0.0525. The third kappa shape index (κ3) is 4.45. The predicted octanol–water partition coefficient (Wildman–Crippen LogP) is 2.67. The fraction of sp³-hybridized carbons (Fsp3) is 0.176. The number of amides is 2. The van der Waals surface area contributed by atoms with Gasteiger partial charge < -0.3 is 11.1 Å². The van der Waals surface area contributed by atoms with E-state index < -0.39 is 5.91 Å². The Labute approximate surface area is 124 Å². The van der Waals surface area contributed by atoms with Gasteiger partial charge in [0, 0.05) is 17.7 Å². The Bertz CT molecular complexity index is 648. The van der Waals surface area contributed by atoms with Crippen molar-refractivity contribution in [2.24, 2.45) is 5.73 Å². The van der Waals surface area contributed by atoms with Crippen molar-refractivity contribution in [3.63, 3.8) is 0 Å². The first-order valence-corrected chi connectivity index (χ1v) is 6.80. The summed E-state index contributed by atoms with van der Waals surface area (Å²) in [5.41, 5.74) is 8.59. The van der Waals surface area contributed by atoms with Gasteiger partial charge in [0.15, 0.2) is 0 Å². The topological polar surface area (TPSA) is 72.2 Å². The summed E-state index contributed by atoms with van der Waals surface area (Å²) in [6.45, 7) is 2.03.